The van der Waals surface area contributed by atoms with Crippen LogP contribution in [0.1, 0.15) is 131 Å². The van der Waals surface area contributed by atoms with Crippen molar-refractivity contribution >= 4 is 17.3 Å². The maximum Gasteiger partial charge on any atom is 0.460 e. The maximum absolute atomic E-state index is 14.2. The largest absolute Gasteiger partial charge is 0.494 e. The number of halogens is 15. The average molecular weight is 1080 g/mol. The lowest BCUT2D eigenvalue weighted by Gasteiger charge is -2.58. The van der Waals surface area contributed by atoms with Crippen molar-refractivity contribution in [2.45, 2.75) is 179 Å². The molecule has 8 atom stereocenters. The molecule has 3 saturated carbocycles. The number of azo groups is 1. The van der Waals surface area contributed by atoms with Crippen LogP contribution in [0.15, 0.2) is 70.4 Å². The van der Waals surface area contributed by atoms with Gasteiger partial charge in [-0.25, -0.2) is 0 Å². The van der Waals surface area contributed by atoms with Gasteiger partial charge in [0.05, 0.1) is 18.0 Å². The summed E-state index contributed by atoms with van der Waals surface area (Å²) in [6.07, 6.45) is 10.2. The highest BCUT2D eigenvalue weighted by atomic mass is 19.4. The number of nitrogens with zero attached hydrogens (tertiary/aromatic N) is 2. The van der Waals surface area contributed by atoms with E-state index < -0.39 is 54.1 Å². The number of rotatable bonds is 23. The van der Waals surface area contributed by atoms with Crippen LogP contribution < -0.4 is 9.47 Å². The highest BCUT2D eigenvalue weighted by molar-refractivity contribution is 5.69. The van der Waals surface area contributed by atoms with E-state index in [1.807, 2.05) is 0 Å². The first kappa shape index (κ1) is 59.1. The van der Waals surface area contributed by atoms with E-state index in [2.05, 4.69) is 55.7 Å². The average Bonchev–Trinajstić information content (AvgIpc) is 3.68. The Morgan fingerprint density at radius 3 is 1.78 bits per heavy atom. The van der Waals surface area contributed by atoms with Crippen LogP contribution in [0.4, 0.5) is 77.2 Å². The van der Waals surface area contributed by atoms with E-state index in [1.165, 1.54) is 62.7 Å². The van der Waals surface area contributed by atoms with E-state index in [0.29, 0.717) is 43.0 Å². The van der Waals surface area contributed by atoms with E-state index in [-0.39, 0.29) is 28.9 Å². The molecule has 0 saturated heterocycles. The smallest absolute Gasteiger partial charge is 0.460 e. The van der Waals surface area contributed by atoms with Gasteiger partial charge in [-0.2, -0.15) is 76.1 Å². The van der Waals surface area contributed by atoms with Crippen molar-refractivity contribution in [3.05, 3.63) is 60.2 Å². The number of hydrogen-bond donors (Lipinski definition) is 0. The third kappa shape index (κ3) is 11.6. The van der Waals surface area contributed by atoms with Gasteiger partial charge in [-0.05, 0) is 159 Å². The molecule has 3 fully saturated rings. The molecule has 2 aromatic rings. The van der Waals surface area contributed by atoms with Gasteiger partial charge in [0.1, 0.15) is 17.6 Å². The zero-order valence-corrected chi connectivity index (χ0v) is 42.0. The molecule has 21 heteroatoms. The summed E-state index contributed by atoms with van der Waals surface area (Å²) in [5.41, 5.74) is 2.35. The Kier molecular flexibility index (Phi) is 17.6. The summed E-state index contributed by atoms with van der Waals surface area (Å²) in [5.74, 6) is -43.1. The third-order valence-electron chi connectivity index (χ3n) is 16.6. The fourth-order valence-electron chi connectivity index (χ4n) is 12.3. The normalized spacial score (nSPS) is 26.6. The van der Waals surface area contributed by atoms with Gasteiger partial charge < -0.3 is 14.2 Å². The van der Waals surface area contributed by atoms with E-state index in [9.17, 15) is 70.7 Å². The Labute approximate surface area is 421 Å². The molecular weight excluding hydrogens is 1010 g/mol. The van der Waals surface area contributed by atoms with Crippen LogP contribution in [-0.4, -0.2) is 67.0 Å². The number of fused-ring (bicyclic) bond motifs is 5. The lowest BCUT2D eigenvalue weighted by molar-refractivity contribution is -0.453. The number of alkyl halides is 15. The number of ether oxygens (including phenoxy) is 3. The second-order valence-corrected chi connectivity index (χ2v) is 21.9. The second-order valence-electron chi connectivity index (χ2n) is 21.9. The Bertz CT molecular complexity index is 2270. The fourth-order valence-corrected chi connectivity index (χ4v) is 12.3. The minimum absolute atomic E-state index is 0.0275. The maximum atomic E-state index is 14.2. The molecule has 0 unspecified atom stereocenters. The first-order chi connectivity index (χ1) is 34.2. The SMILES string of the molecule is CC(C)CCC[C@@H](C)[C@H]1CC[C@H]2[C@@H]3CC=C4C[C@@H](OC(=O)CCCCCOc5ccc(N=Nc6ccc(OCC(F)(F)C(F)(F)C(F)(F)C(F)(F)C(F)(F)C(F)(F)C(F)(F)F)cc6)cc5)CC[C@]4(C)[C@H]3CC[C@]12C. The van der Waals surface area contributed by atoms with Gasteiger partial charge in [0.25, 0.3) is 0 Å². The van der Waals surface area contributed by atoms with Crippen molar-refractivity contribution < 1.29 is 84.9 Å². The predicted molar refractivity (Wildman–Crippen MR) is 245 cm³/mol. The first-order valence-corrected chi connectivity index (χ1v) is 25.3. The molecule has 0 amide bonds. The molecule has 6 rings (SSSR count). The zero-order chi connectivity index (χ0) is 54.9. The molecule has 0 spiro atoms. The summed E-state index contributed by atoms with van der Waals surface area (Å²) in [5, 5.41) is 7.79. The van der Waals surface area contributed by atoms with Crippen LogP contribution in [0.3, 0.4) is 0 Å². The van der Waals surface area contributed by atoms with Crippen molar-refractivity contribution in [1.29, 1.82) is 0 Å². The molecule has 4 aliphatic rings. The number of carbonyl (C=O) groups excluding carboxylic acids is 1. The third-order valence-corrected chi connectivity index (χ3v) is 16.6. The number of esters is 1. The van der Waals surface area contributed by atoms with Crippen LogP contribution in [0.2, 0.25) is 0 Å². The summed E-state index contributed by atoms with van der Waals surface area (Å²) >= 11 is 0. The Hall–Kier alpha value is -4.20. The lowest BCUT2D eigenvalue weighted by Crippen LogP contribution is -2.73. The van der Waals surface area contributed by atoms with Crippen LogP contribution in [0.25, 0.3) is 0 Å². The highest BCUT2D eigenvalue weighted by Crippen LogP contribution is 2.68. The minimum Gasteiger partial charge on any atom is -0.494 e. The molecule has 6 nitrogen and oxygen atoms in total. The summed E-state index contributed by atoms with van der Waals surface area (Å²) in [6.45, 7) is 9.64. The van der Waals surface area contributed by atoms with E-state index in [0.717, 1.165) is 86.0 Å². The van der Waals surface area contributed by atoms with Gasteiger partial charge in [0.15, 0.2) is 6.61 Å². The molecule has 0 radical (unpaired) electrons. The van der Waals surface area contributed by atoms with Gasteiger partial charge >= 0.3 is 47.7 Å². The summed E-state index contributed by atoms with van der Waals surface area (Å²) in [7, 11) is 0. The number of unbranched alkanes of at least 4 members (excludes halogenated alkanes) is 2. The van der Waals surface area contributed by atoms with Crippen molar-refractivity contribution in [3.8, 4) is 11.5 Å². The Morgan fingerprint density at radius 2 is 1.20 bits per heavy atom. The van der Waals surface area contributed by atoms with Gasteiger partial charge in [-0.15, -0.1) is 0 Å². The topological polar surface area (TPSA) is 69.5 Å². The molecule has 0 N–H and O–H groups in total. The molecule has 0 aromatic heterocycles. The second kappa shape index (κ2) is 22.0. The quantitative estimate of drug-likeness (QED) is 0.0366. The zero-order valence-electron chi connectivity index (χ0n) is 42.0. The molecule has 416 valence electrons. The Morgan fingerprint density at radius 1 is 0.635 bits per heavy atom. The highest BCUT2D eigenvalue weighted by Gasteiger charge is 2.93. The standard InChI is InChI=1S/C53H65F15N2O4/c1-32(2)10-9-11-33(3)41-23-24-42-40-22-13-34-30-39(25-27-45(34,4)43(40)26-28-46(41,42)5)74-44(71)12-7-6-8-29-72-37-18-14-35(15-19-37)69-70-36-16-20-38(21-17-36)73-31-47(54,55)48(56,57)49(58,59)50(60,61)51(62,63)52(64,65)53(66,67)68/h13-21,32-33,39-43H,6-12,22-31H2,1-5H3/t33-,39+,40+,41-,42+,43+,45+,46-/m1/s1. The predicted octanol–water partition coefficient (Wildman–Crippen LogP) is 17.7. The molecule has 2 aromatic carbocycles. The number of carbonyl (C=O) groups is 1. The van der Waals surface area contributed by atoms with Gasteiger partial charge in [-0.1, -0.05) is 65.5 Å². The van der Waals surface area contributed by atoms with E-state index >= 15 is 0 Å². The van der Waals surface area contributed by atoms with E-state index in [4.69, 9.17) is 9.47 Å². The number of benzene rings is 2. The van der Waals surface area contributed by atoms with Crippen molar-refractivity contribution in [2.75, 3.05) is 13.2 Å². The minimum atomic E-state index is -8.37. The summed E-state index contributed by atoms with van der Waals surface area (Å²) in [6, 6.07) is 9.66. The molecule has 0 heterocycles. The van der Waals surface area contributed by atoms with Crippen LogP contribution in [0, 0.1) is 46.3 Å². The fraction of sp³-hybridized carbons (Fsp3) is 0.717. The van der Waals surface area contributed by atoms with Gasteiger partial charge in [-0.3, -0.25) is 4.79 Å². The van der Waals surface area contributed by atoms with Crippen LogP contribution in [0.5, 0.6) is 11.5 Å². The lowest BCUT2D eigenvalue weighted by atomic mass is 9.47. The summed E-state index contributed by atoms with van der Waals surface area (Å²) in [4.78, 5) is 12.9. The van der Waals surface area contributed by atoms with Crippen LogP contribution >= 0.6 is 0 Å². The Balaban J connectivity index is 0.886. The van der Waals surface area contributed by atoms with Crippen molar-refractivity contribution in [1.82, 2.24) is 0 Å². The molecular formula is C53H65F15N2O4. The summed E-state index contributed by atoms with van der Waals surface area (Å²) < 4.78 is 218. The number of hydrogen-bond acceptors (Lipinski definition) is 6. The van der Waals surface area contributed by atoms with Crippen molar-refractivity contribution in [3.63, 3.8) is 0 Å². The monoisotopic (exact) mass is 1080 g/mol. The van der Waals surface area contributed by atoms with Crippen LogP contribution in [-0.2, 0) is 9.53 Å². The van der Waals surface area contributed by atoms with Gasteiger partial charge in [0.2, 0.25) is 0 Å². The molecule has 4 aliphatic carbocycles. The van der Waals surface area contributed by atoms with Crippen molar-refractivity contribution in [2.24, 2.45) is 56.6 Å². The van der Waals surface area contributed by atoms with E-state index in [1.54, 1.807) is 12.1 Å². The number of allylic oxidation sites excluding steroid dienone is 1. The molecule has 0 aliphatic heterocycles. The van der Waals surface area contributed by atoms with Gasteiger partial charge in [0, 0.05) is 12.8 Å². The first-order valence-electron chi connectivity index (χ1n) is 25.3. The molecule has 74 heavy (non-hydrogen) atoms. The molecule has 0 bridgehead atoms.